The van der Waals surface area contributed by atoms with Crippen molar-refractivity contribution in [2.45, 2.75) is 52.9 Å². The summed E-state index contributed by atoms with van der Waals surface area (Å²) >= 11 is 0. The normalized spacial score (nSPS) is 10.9. The predicted octanol–water partition coefficient (Wildman–Crippen LogP) is 3.25. The van der Waals surface area contributed by atoms with Gasteiger partial charge in [-0.1, -0.05) is 40.0 Å². The standard InChI is InChI=1S/C14H26N4/c1-4-7-12-13(15)17-10-18-14(12)16-9-6-5-8-11(2)3/h10-11H,4-9H2,1-3H3,(H3,15,16,17,18). The van der Waals surface area contributed by atoms with Crippen LogP contribution in [-0.2, 0) is 6.42 Å². The predicted molar refractivity (Wildman–Crippen MR) is 77.6 cm³/mol. The van der Waals surface area contributed by atoms with Crippen LogP contribution in [0.5, 0.6) is 0 Å². The molecule has 18 heavy (non-hydrogen) atoms. The van der Waals surface area contributed by atoms with Crippen LogP contribution in [-0.4, -0.2) is 16.5 Å². The highest BCUT2D eigenvalue weighted by molar-refractivity contribution is 5.54. The fraction of sp³-hybridized carbons (Fsp3) is 0.714. The molecule has 0 atom stereocenters. The number of hydrogen-bond acceptors (Lipinski definition) is 4. The van der Waals surface area contributed by atoms with E-state index in [-0.39, 0.29) is 0 Å². The third-order valence-electron chi connectivity index (χ3n) is 2.98. The Morgan fingerprint density at radius 1 is 1.28 bits per heavy atom. The molecule has 0 aliphatic rings. The Labute approximate surface area is 110 Å². The van der Waals surface area contributed by atoms with Crippen molar-refractivity contribution in [1.82, 2.24) is 9.97 Å². The van der Waals surface area contributed by atoms with E-state index < -0.39 is 0 Å². The van der Waals surface area contributed by atoms with E-state index in [4.69, 9.17) is 5.73 Å². The molecule has 4 nitrogen and oxygen atoms in total. The number of hydrogen-bond donors (Lipinski definition) is 2. The van der Waals surface area contributed by atoms with E-state index in [1.807, 2.05) is 0 Å². The second kappa shape index (κ2) is 7.90. The van der Waals surface area contributed by atoms with Gasteiger partial charge in [-0.05, 0) is 18.8 Å². The Morgan fingerprint density at radius 2 is 2.06 bits per heavy atom. The fourth-order valence-corrected chi connectivity index (χ4v) is 1.96. The van der Waals surface area contributed by atoms with E-state index in [9.17, 15) is 0 Å². The van der Waals surface area contributed by atoms with Crippen LogP contribution in [0.4, 0.5) is 11.6 Å². The van der Waals surface area contributed by atoms with E-state index in [2.05, 4.69) is 36.1 Å². The number of nitrogens with one attached hydrogen (secondary N) is 1. The molecule has 1 rings (SSSR count). The number of nitrogen functional groups attached to an aromatic ring is 1. The van der Waals surface area contributed by atoms with Crippen molar-refractivity contribution in [2.24, 2.45) is 5.92 Å². The van der Waals surface area contributed by atoms with Gasteiger partial charge in [0, 0.05) is 12.1 Å². The minimum Gasteiger partial charge on any atom is -0.383 e. The SMILES string of the molecule is CCCc1c(N)ncnc1NCCCCC(C)C. The molecule has 1 heterocycles. The molecule has 0 saturated carbocycles. The molecule has 4 heteroatoms. The summed E-state index contributed by atoms with van der Waals surface area (Å²) in [5, 5.41) is 3.38. The quantitative estimate of drug-likeness (QED) is 0.695. The molecule has 1 aromatic heterocycles. The van der Waals surface area contributed by atoms with E-state index in [0.29, 0.717) is 5.82 Å². The first kappa shape index (κ1) is 14.7. The molecule has 0 saturated heterocycles. The van der Waals surface area contributed by atoms with E-state index >= 15 is 0 Å². The van der Waals surface area contributed by atoms with Gasteiger partial charge in [0.05, 0.1) is 0 Å². The molecule has 0 radical (unpaired) electrons. The maximum Gasteiger partial charge on any atom is 0.134 e. The Bertz CT molecular complexity index is 350. The van der Waals surface area contributed by atoms with Gasteiger partial charge in [0.2, 0.25) is 0 Å². The Balaban J connectivity index is 2.44. The van der Waals surface area contributed by atoms with Crippen molar-refractivity contribution < 1.29 is 0 Å². The number of nitrogens with zero attached hydrogens (tertiary/aromatic N) is 2. The van der Waals surface area contributed by atoms with Gasteiger partial charge >= 0.3 is 0 Å². The van der Waals surface area contributed by atoms with Gasteiger partial charge < -0.3 is 11.1 Å². The van der Waals surface area contributed by atoms with Crippen LogP contribution >= 0.6 is 0 Å². The van der Waals surface area contributed by atoms with Crippen LogP contribution in [0.1, 0.15) is 52.0 Å². The number of anilines is 2. The number of rotatable bonds is 8. The topological polar surface area (TPSA) is 63.8 Å². The van der Waals surface area contributed by atoms with Crippen molar-refractivity contribution in [3.05, 3.63) is 11.9 Å². The summed E-state index contributed by atoms with van der Waals surface area (Å²) in [7, 11) is 0. The first-order valence-electron chi connectivity index (χ1n) is 6.98. The number of unbranched alkanes of at least 4 members (excludes halogenated alkanes) is 1. The summed E-state index contributed by atoms with van der Waals surface area (Å²) in [4.78, 5) is 8.34. The molecular weight excluding hydrogens is 224 g/mol. The van der Waals surface area contributed by atoms with Gasteiger partial charge in [0.15, 0.2) is 0 Å². The Morgan fingerprint density at radius 3 is 2.72 bits per heavy atom. The van der Waals surface area contributed by atoms with Crippen molar-refractivity contribution >= 4 is 11.6 Å². The smallest absolute Gasteiger partial charge is 0.134 e. The molecule has 102 valence electrons. The number of aromatic nitrogens is 2. The summed E-state index contributed by atoms with van der Waals surface area (Å²) < 4.78 is 0. The van der Waals surface area contributed by atoms with Crippen molar-refractivity contribution in [3.63, 3.8) is 0 Å². The van der Waals surface area contributed by atoms with E-state index in [1.54, 1.807) is 0 Å². The average molecular weight is 250 g/mol. The van der Waals surface area contributed by atoms with Crippen molar-refractivity contribution in [2.75, 3.05) is 17.6 Å². The van der Waals surface area contributed by atoms with Gasteiger partial charge in [0.25, 0.3) is 0 Å². The molecule has 0 unspecified atom stereocenters. The van der Waals surface area contributed by atoms with Crippen molar-refractivity contribution in [1.29, 1.82) is 0 Å². The Kier molecular flexibility index (Phi) is 6.47. The van der Waals surface area contributed by atoms with E-state index in [0.717, 1.165) is 36.7 Å². The van der Waals surface area contributed by atoms with Gasteiger partial charge in [0.1, 0.15) is 18.0 Å². The van der Waals surface area contributed by atoms with Crippen LogP contribution in [0.15, 0.2) is 6.33 Å². The third kappa shape index (κ3) is 4.90. The second-order valence-corrected chi connectivity index (χ2v) is 5.15. The summed E-state index contributed by atoms with van der Waals surface area (Å²) in [6, 6.07) is 0. The van der Waals surface area contributed by atoms with Gasteiger partial charge in [-0.2, -0.15) is 0 Å². The van der Waals surface area contributed by atoms with Crippen LogP contribution in [0.3, 0.4) is 0 Å². The monoisotopic (exact) mass is 250 g/mol. The van der Waals surface area contributed by atoms with E-state index in [1.165, 1.54) is 25.6 Å². The summed E-state index contributed by atoms with van der Waals surface area (Å²) in [6.07, 6.45) is 7.24. The number of nitrogens with two attached hydrogens (primary N) is 1. The molecule has 1 aromatic rings. The zero-order valence-corrected chi connectivity index (χ0v) is 11.9. The molecule has 0 fully saturated rings. The molecule has 0 aliphatic heterocycles. The molecule has 0 aromatic carbocycles. The maximum atomic E-state index is 5.89. The first-order chi connectivity index (χ1) is 8.65. The average Bonchev–Trinajstić information content (AvgIpc) is 2.32. The zero-order valence-electron chi connectivity index (χ0n) is 11.9. The van der Waals surface area contributed by atoms with Gasteiger partial charge in [-0.3, -0.25) is 0 Å². The highest BCUT2D eigenvalue weighted by Crippen LogP contribution is 2.19. The summed E-state index contributed by atoms with van der Waals surface area (Å²) in [5.74, 6) is 2.31. The molecule has 0 spiro atoms. The van der Waals surface area contributed by atoms with Crippen LogP contribution in [0, 0.1) is 5.92 Å². The molecular formula is C14H26N4. The zero-order chi connectivity index (χ0) is 13.4. The lowest BCUT2D eigenvalue weighted by Crippen LogP contribution is -2.09. The first-order valence-corrected chi connectivity index (χ1v) is 6.98. The minimum absolute atomic E-state index is 0.608. The highest BCUT2D eigenvalue weighted by Gasteiger charge is 2.07. The minimum atomic E-state index is 0.608. The fourth-order valence-electron chi connectivity index (χ4n) is 1.96. The largest absolute Gasteiger partial charge is 0.383 e. The highest BCUT2D eigenvalue weighted by atomic mass is 15.0. The maximum absolute atomic E-state index is 5.89. The summed E-state index contributed by atoms with van der Waals surface area (Å²) in [6.45, 7) is 7.62. The lowest BCUT2D eigenvalue weighted by Gasteiger charge is -2.12. The summed E-state index contributed by atoms with van der Waals surface area (Å²) in [5.41, 5.74) is 6.95. The molecule has 0 aliphatic carbocycles. The van der Waals surface area contributed by atoms with Crippen molar-refractivity contribution in [3.8, 4) is 0 Å². The molecule has 0 bridgehead atoms. The van der Waals surface area contributed by atoms with Crippen LogP contribution in [0.2, 0.25) is 0 Å². The third-order valence-corrected chi connectivity index (χ3v) is 2.98. The molecule has 0 amide bonds. The van der Waals surface area contributed by atoms with Gasteiger partial charge in [-0.25, -0.2) is 9.97 Å². The van der Waals surface area contributed by atoms with Crippen LogP contribution in [0.25, 0.3) is 0 Å². The van der Waals surface area contributed by atoms with Crippen LogP contribution < -0.4 is 11.1 Å². The van der Waals surface area contributed by atoms with Gasteiger partial charge in [-0.15, -0.1) is 0 Å². The molecule has 3 N–H and O–H groups in total. The lowest BCUT2D eigenvalue weighted by molar-refractivity contribution is 0.544. The second-order valence-electron chi connectivity index (χ2n) is 5.15. The lowest BCUT2D eigenvalue weighted by atomic mass is 10.1. The Hall–Kier alpha value is -1.32.